The van der Waals surface area contributed by atoms with Crippen LogP contribution >= 0.6 is 0 Å². The minimum atomic E-state index is -0.522. The number of rotatable bonds is 6. The van der Waals surface area contributed by atoms with Crippen molar-refractivity contribution in [2.24, 2.45) is 0 Å². The maximum atomic E-state index is 12.4. The fourth-order valence-electron chi connectivity index (χ4n) is 2.76. The summed E-state index contributed by atoms with van der Waals surface area (Å²) < 4.78 is 4.73. The van der Waals surface area contributed by atoms with Crippen LogP contribution in [0.15, 0.2) is 42.5 Å². The highest BCUT2D eigenvalue weighted by atomic mass is 16.5. The van der Waals surface area contributed by atoms with Crippen molar-refractivity contribution in [3.05, 3.63) is 59.2 Å². The van der Waals surface area contributed by atoms with Crippen LogP contribution in [0.1, 0.15) is 34.8 Å². The quantitative estimate of drug-likeness (QED) is 0.792. The molecule has 0 aromatic heterocycles. The number of para-hydroxylation sites is 1. The monoisotopic (exact) mass is 368 g/mol. The molecule has 2 amide bonds. The fourth-order valence-corrected chi connectivity index (χ4v) is 2.76. The van der Waals surface area contributed by atoms with E-state index in [2.05, 4.69) is 5.32 Å². The van der Waals surface area contributed by atoms with Crippen molar-refractivity contribution in [2.45, 2.75) is 27.2 Å². The summed E-state index contributed by atoms with van der Waals surface area (Å²) in [5.74, 6) is -0.944. The molecule has 0 aliphatic rings. The number of nitrogens with one attached hydrogen (secondary N) is 1. The minimum Gasteiger partial charge on any atom is -0.465 e. The standard InChI is InChI=1S/C21H24N2O4/c1-14-9-10-15(2)19(13-14)23(16(3)24)12-11-20(25)22-18-8-6-5-7-17(18)21(26)27-4/h5-10,13H,11-12H2,1-4H3,(H,22,25). The van der Waals surface area contributed by atoms with Gasteiger partial charge in [0.05, 0.1) is 18.4 Å². The van der Waals surface area contributed by atoms with Crippen molar-refractivity contribution >= 4 is 29.2 Å². The van der Waals surface area contributed by atoms with E-state index < -0.39 is 5.97 Å². The number of nitrogens with zero attached hydrogens (tertiary/aromatic N) is 1. The molecule has 27 heavy (non-hydrogen) atoms. The summed E-state index contributed by atoms with van der Waals surface area (Å²) in [6.07, 6.45) is 0.0997. The first-order chi connectivity index (χ1) is 12.8. The minimum absolute atomic E-state index is 0.0997. The van der Waals surface area contributed by atoms with Crippen molar-refractivity contribution in [3.63, 3.8) is 0 Å². The van der Waals surface area contributed by atoms with Gasteiger partial charge < -0.3 is 15.0 Å². The lowest BCUT2D eigenvalue weighted by Gasteiger charge is -2.23. The SMILES string of the molecule is COC(=O)c1ccccc1NC(=O)CCN(C(C)=O)c1cc(C)ccc1C. The smallest absolute Gasteiger partial charge is 0.339 e. The zero-order chi connectivity index (χ0) is 20.0. The van der Waals surface area contributed by atoms with Gasteiger partial charge in [-0.1, -0.05) is 24.3 Å². The number of amides is 2. The Morgan fingerprint density at radius 3 is 2.44 bits per heavy atom. The lowest BCUT2D eigenvalue weighted by molar-refractivity contribution is -0.117. The summed E-state index contributed by atoms with van der Waals surface area (Å²) in [6, 6.07) is 12.5. The molecule has 0 spiro atoms. The van der Waals surface area contributed by atoms with Crippen molar-refractivity contribution in [3.8, 4) is 0 Å². The second-order valence-electron chi connectivity index (χ2n) is 6.30. The average molecular weight is 368 g/mol. The molecule has 2 aromatic rings. The predicted octanol–water partition coefficient (Wildman–Crippen LogP) is 3.47. The van der Waals surface area contributed by atoms with Gasteiger partial charge in [-0.15, -0.1) is 0 Å². The van der Waals surface area contributed by atoms with Gasteiger partial charge in [0.25, 0.3) is 0 Å². The zero-order valence-electron chi connectivity index (χ0n) is 16.0. The van der Waals surface area contributed by atoms with Gasteiger partial charge in [0.15, 0.2) is 0 Å². The summed E-state index contributed by atoms with van der Waals surface area (Å²) in [5, 5.41) is 2.72. The summed E-state index contributed by atoms with van der Waals surface area (Å²) in [6.45, 7) is 5.60. The Bertz CT molecular complexity index is 861. The third-order valence-electron chi connectivity index (χ3n) is 4.20. The molecular formula is C21H24N2O4. The lowest BCUT2D eigenvalue weighted by atomic mass is 10.1. The number of esters is 1. The van der Waals surface area contributed by atoms with Gasteiger partial charge in [-0.25, -0.2) is 4.79 Å². The summed E-state index contributed by atoms with van der Waals surface area (Å²) in [5.41, 5.74) is 3.47. The Morgan fingerprint density at radius 2 is 1.78 bits per heavy atom. The summed E-state index contributed by atoms with van der Waals surface area (Å²) in [4.78, 5) is 37.9. The predicted molar refractivity (Wildman–Crippen MR) is 105 cm³/mol. The van der Waals surface area contributed by atoms with Crippen molar-refractivity contribution < 1.29 is 19.1 Å². The number of benzene rings is 2. The van der Waals surface area contributed by atoms with E-state index in [0.29, 0.717) is 5.69 Å². The van der Waals surface area contributed by atoms with E-state index in [1.165, 1.54) is 14.0 Å². The molecule has 0 heterocycles. The largest absolute Gasteiger partial charge is 0.465 e. The third kappa shape index (κ3) is 5.17. The highest BCUT2D eigenvalue weighted by molar-refractivity contribution is 6.01. The van der Waals surface area contributed by atoms with Crippen LogP contribution in [0.25, 0.3) is 0 Å². The summed E-state index contributed by atoms with van der Waals surface area (Å²) >= 11 is 0. The van der Waals surface area contributed by atoms with E-state index >= 15 is 0 Å². The molecule has 0 unspecified atom stereocenters. The maximum Gasteiger partial charge on any atom is 0.339 e. The van der Waals surface area contributed by atoms with Crippen LogP contribution in [-0.4, -0.2) is 31.4 Å². The van der Waals surface area contributed by atoms with Gasteiger partial charge >= 0.3 is 5.97 Å². The number of methoxy groups -OCH3 is 1. The molecule has 2 aromatic carbocycles. The Hall–Kier alpha value is -3.15. The van der Waals surface area contributed by atoms with Crippen LogP contribution in [0.3, 0.4) is 0 Å². The van der Waals surface area contributed by atoms with E-state index in [-0.39, 0.29) is 30.3 Å². The summed E-state index contributed by atoms with van der Waals surface area (Å²) in [7, 11) is 1.29. The Balaban J connectivity index is 2.11. The number of ether oxygens (including phenoxy) is 1. The van der Waals surface area contributed by atoms with Gasteiger partial charge in [-0.05, 0) is 43.2 Å². The number of carbonyl (C=O) groups is 3. The molecule has 0 radical (unpaired) electrons. The van der Waals surface area contributed by atoms with E-state index in [0.717, 1.165) is 16.8 Å². The molecule has 0 saturated carbocycles. The van der Waals surface area contributed by atoms with Crippen molar-refractivity contribution in [2.75, 3.05) is 23.9 Å². The number of hydrogen-bond donors (Lipinski definition) is 1. The maximum absolute atomic E-state index is 12.4. The molecule has 0 fully saturated rings. The topological polar surface area (TPSA) is 75.7 Å². The van der Waals surface area contributed by atoms with Gasteiger partial charge in [-0.2, -0.15) is 0 Å². The highest BCUT2D eigenvalue weighted by Gasteiger charge is 2.17. The first kappa shape index (κ1) is 20.2. The number of carbonyl (C=O) groups excluding carboxylic acids is 3. The lowest BCUT2D eigenvalue weighted by Crippen LogP contribution is -2.32. The number of hydrogen-bond acceptors (Lipinski definition) is 4. The van der Waals surface area contributed by atoms with Crippen molar-refractivity contribution in [1.29, 1.82) is 0 Å². The molecule has 0 bridgehead atoms. The Labute approximate surface area is 159 Å². The molecule has 0 saturated heterocycles. The molecule has 2 rings (SSSR count). The average Bonchev–Trinajstić information content (AvgIpc) is 2.64. The molecule has 0 aliphatic heterocycles. The van der Waals surface area contributed by atoms with Gasteiger partial charge in [0, 0.05) is 25.6 Å². The Morgan fingerprint density at radius 1 is 1.07 bits per heavy atom. The van der Waals surface area contributed by atoms with Gasteiger partial charge in [0.1, 0.15) is 0 Å². The first-order valence-electron chi connectivity index (χ1n) is 8.66. The van der Waals surface area contributed by atoms with E-state index in [1.807, 2.05) is 32.0 Å². The normalized spacial score (nSPS) is 10.2. The van der Waals surface area contributed by atoms with Gasteiger partial charge in [-0.3, -0.25) is 9.59 Å². The van der Waals surface area contributed by atoms with Crippen LogP contribution in [0.5, 0.6) is 0 Å². The molecule has 142 valence electrons. The first-order valence-corrected chi connectivity index (χ1v) is 8.66. The second kappa shape index (κ2) is 8.98. The van der Waals surface area contributed by atoms with Crippen LogP contribution < -0.4 is 10.2 Å². The molecule has 1 N–H and O–H groups in total. The molecule has 6 heteroatoms. The van der Waals surface area contributed by atoms with E-state index in [1.54, 1.807) is 29.2 Å². The number of anilines is 2. The van der Waals surface area contributed by atoms with Crippen LogP contribution in [0, 0.1) is 13.8 Å². The van der Waals surface area contributed by atoms with E-state index in [9.17, 15) is 14.4 Å². The zero-order valence-corrected chi connectivity index (χ0v) is 16.0. The van der Waals surface area contributed by atoms with Crippen molar-refractivity contribution in [1.82, 2.24) is 0 Å². The third-order valence-corrected chi connectivity index (χ3v) is 4.20. The molecule has 0 atom stereocenters. The van der Waals surface area contributed by atoms with Crippen LogP contribution in [0.4, 0.5) is 11.4 Å². The van der Waals surface area contributed by atoms with Crippen LogP contribution in [-0.2, 0) is 14.3 Å². The molecule has 6 nitrogen and oxygen atoms in total. The fraction of sp³-hybridized carbons (Fsp3) is 0.286. The molecule has 0 aliphatic carbocycles. The Kier molecular flexibility index (Phi) is 6.71. The highest BCUT2D eigenvalue weighted by Crippen LogP contribution is 2.22. The number of aryl methyl sites for hydroxylation is 2. The van der Waals surface area contributed by atoms with Gasteiger partial charge in [0.2, 0.25) is 11.8 Å². The van der Waals surface area contributed by atoms with E-state index in [4.69, 9.17) is 4.74 Å². The molecular weight excluding hydrogens is 344 g/mol. The van der Waals surface area contributed by atoms with Crippen LogP contribution in [0.2, 0.25) is 0 Å². The second-order valence-corrected chi connectivity index (χ2v) is 6.30.